The quantitative estimate of drug-likeness (QED) is 0.468. The zero-order valence-corrected chi connectivity index (χ0v) is 18.1. The van der Waals surface area contributed by atoms with Gasteiger partial charge in [-0.2, -0.15) is 0 Å². The number of carbonyl (C=O) groups is 1. The molecule has 0 fully saturated rings. The number of nitrogens with zero attached hydrogens (tertiary/aromatic N) is 2. The maximum absolute atomic E-state index is 12.8. The highest BCUT2D eigenvalue weighted by atomic mass is 16.1. The Kier molecular flexibility index (Phi) is 11.1. The lowest BCUT2D eigenvalue weighted by Crippen LogP contribution is -2.50. The summed E-state index contributed by atoms with van der Waals surface area (Å²) >= 11 is 0. The Balaban J connectivity index is 4.82. The number of rotatable bonds is 12. The molecule has 1 unspecified atom stereocenters. The van der Waals surface area contributed by atoms with Crippen molar-refractivity contribution in [3.8, 4) is 0 Å². The van der Waals surface area contributed by atoms with Gasteiger partial charge >= 0.3 is 0 Å². The molecule has 0 heterocycles. The lowest BCUT2D eigenvalue weighted by atomic mass is 9.93. The lowest BCUT2D eigenvalue weighted by Gasteiger charge is -2.38. The third-order valence-electron chi connectivity index (χ3n) is 4.92. The maximum atomic E-state index is 12.8. The molecule has 24 heavy (non-hydrogen) atoms. The van der Waals surface area contributed by atoms with Gasteiger partial charge < -0.3 is 0 Å². The molecule has 3 heteroatoms. The van der Waals surface area contributed by atoms with Crippen LogP contribution in [-0.2, 0) is 4.79 Å². The highest BCUT2D eigenvalue weighted by Crippen LogP contribution is 2.20. The van der Waals surface area contributed by atoms with Gasteiger partial charge in [-0.3, -0.25) is 14.6 Å². The van der Waals surface area contributed by atoms with Crippen LogP contribution in [0.1, 0.15) is 88.5 Å². The summed E-state index contributed by atoms with van der Waals surface area (Å²) in [6.07, 6.45) is 3.27. The molecule has 1 atom stereocenters. The van der Waals surface area contributed by atoms with Gasteiger partial charge in [0.15, 0.2) is 5.78 Å². The first-order chi connectivity index (χ1) is 11.0. The number of carbonyl (C=O) groups excluding carboxylic acids is 1. The second-order valence-corrected chi connectivity index (χ2v) is 8.63. The fourth-order valence-corrected chi connectivity index (χ4v) is 3.88. The predicted octanol–water partition coefficient (Wildman–Crippen LogP) is 4.99. The van der Waals surface area contributed by atoms with Gasteiger partial charge in [-0.15, -0.1) is 0 Å². The van der Waals surface area contributed by atoms with Gasteiger partial charge in [0.25, 0.3) is 0 Å². The van der Waals surface area contributed by atoms with Gasteiger partial charge in [-0.1, -0.05) is 20.3 Å². The van der Waals surface area contributed by atoms with E-state index in [1.165, 1.54) is 6.42 Å². The van der Waals surface area contributed by atoms with Crippen LogP contribution >= 0.6 is 0 Å². The van der Waals surface area contributed by atoms with E-state index in [0.717, 1.165) is 19.4 Å². The Morgan fingerprint density at radius 3 is 1.50 bits per heavy atom. The van der Waals surface area contributed by atoms with E-state index in [4.69, 9.17) is 0 Å². The minimum Gasteiger partial charge on any atom is -0.299 e. The topological polar surface area (TPSA) is 23.6 Å². The van der Waals surface area contributed by atoms with Crippen LogP contribution in [0.2, 0.25) is 0 Å². The molecule has 0 radical (unpaired) electrons. The molecule has 0 aliphatic heterocycles. The summed E-state index contributed by atoms with van der Waals surface area (Å²) < 4.78 is 0. The fraction of sp³-hybridized carbons (Fsp3) is 0.952. The molecule has 0 spiro atoms. The van der Waals surface area contributed by atoms with Crippen LogP contribution in [0, 0.1) is 5.92 Å². The molecule has 0 aromatic carbocycles. The van der Waals surface area contributed by atoms with Crippen molar-refractivity contribution in [2.24, 2.45) is 5.92 Å². The lowest BCUT2D eigenvalue weighted by molar-refractivity contribution is -0.129. The molecule has 0 N–H and O–H groups in total. The molecular formula is C21H44N2O. The normalized spacial score (nSPS) is 14.2. The summed E-state index contributed by atoms with van der Waals surface area (Å²) in [5.74, 6) is 0.514. The van der Waals surface area contributed by atoms with Crippen LogP contribution in [0.15, 0.2) is 0 Å². The maximum Gasteiger partial charge on any atom is 0.152 e. The van der Waals surface area contributed by atoms with Crippen LogP contribution in [-0.4, -0.2) is 52.3 Å². The van der Waals surface area contributed by atoms with Crippen molar-refractivity contribution in [2.45, 2.75) is 119 Å². The van der Waals surface area contributed by atoms with E-state index in [0.29, 0.717) is 30.0 Å². The summed E-state index contributed by atoms with van der Waals surface area (Å²) in [5, 5.41) is 0. The molecule has 0 aliphatic carbocycles. The van der Waals surface area contributed by atoms with Crippen molar-refractivity contribution in [3.63, 3.8) is 0 Å². The van der Waals surface area contributed by atoms with Gasteiger partial charge in [-0.05, 0) is 74.8 Å². The molecule has 0 saturated heterocycles. The average molecular weight is 341 g/mol. The molecule has 0 saturated carbocycles. The van der Waals surface area contributed by atoms with E-state index in [1.54, 1.807) is 0 Å². The zero-order chi connectivity index (χ0) is 19.0. The Hall–Kier alpha value is -0.410. The van der Waals surface area contributed by atoms with E-state index in [2.05, 4.69) is 65.2 Å². The van der Waals surface area contributed by atoms with Crippen molar-refractivity contribution in [3.05, 3.63) is 0 Å². The molecule has 3 nitrogen and oxygen atoms in total. The molecule has 0 rings (SSSR count). The Morgan fingerprint density at radius 2 is 1.17 bits per heavy atom. The molecule has 0 bridgehead atoms. The van der Waals surface area contributed by atoms with E-state index in [1.807, 2.05) is 13.8 Å². The van der Waals surface area contributed by atoms with Crippen LogP contribution in [0.4, 0.5) is 0 Å². The van der Waals surface area contributed by atoms with E-state index < -0.39 is 0 Å². The average Bonchev–Trinajstić information content (AvgIpc) is 2.42. The highest BCUT2D eigenvalue weighted by Gasteiger charge is 2.30. The first-order valence-electron chi connectivity index (χ1n) is 10.1. The first-order valence-corrected chi connectivity index (χ1v) is 10.1. The van der Waals surface area contributed by atoms with Gasteiger partial charge in [0, 0.05) is 30.1 Å². The fourth-order valence-electron chi connectivity index (χ4n) is 3.88. The Bertz CT molecular complexity index is 332. The Labute approximate surface area is 152 Å². The van der Waals surface area contributed by atoms with Gasteiger partial charge in [0.1, 0.15) is 0 Å². The van der Waals surface area contributed by atoms with E-state index >= 15 is 0 Å². The number of hydrogen-bond acceptors (Lipinski definition) is 3. The number of ketones is 1. The van der Waals surface area contributed by atoms with E-state index in [9.17, 15) is 4.79 Å². The Morgan fingerprint density at radius 1 is 0.708 bits per heavy atom. The van der Waals surface area contributed by atoms with Crippen molar-refractivity contribution in [1.29, 1.82) is 0 Å². The molecule has 144 valence electrons. The van der Waals surface area contributed by atoms with Crippen molar-refractivity contribution in [1.82, 2.24) is 9.80 Å². The highest BCUT2D eigenvalue weighted by molar-refractivity contribution is 5.85. The second-order valence-electron chi connectivity index (χ2n) is 8.63. The molecular weight excluding hydrogens is 296 g/mol. The minimum atomic E-state index is 0.0662. The summed E-state index contributed by atoms with van der Waals surface area (Å²) in [5.41, 5.74) is 0. The second kappa shape index (κ2) is 11.3. The van der Waals surface area contributed by atoms with Gasteiger partial charge in [0.2, 0.25) is 0 Å². The minimum absolute atomic E-state index is 0.0662. The molecule has 0 amide bonds. The van der Waals surface area contributed by atoms with Crippen LogP contribution < -0.4 is 0 Å². The summed E-state index contributed by atoms with van der Waals surface area (Å²) in [6, 6.07) is 2.04. The third kappa shape index (κ3) is 7.65. The van der Waals surface area contributed by atoms with Crippen LogP contribution in [0.5, 0.6) is 0 Å². The number of Topliss-reactive ketones (excluding diaryl/α,β-unsaturated/α-hetero) is 1. The van der Waals surface area contributed by atoms with Gasteiger partial charge in [0.05, 0.1) is 6.04 Å². The zero-order valence-electron chi connectivity index (χ0n) is 18.1. The monoisotopic (exact) mass is 340 g/mol. The third-order valence-corrected chi connectivity index (χ3v) is 4.92. The molecule has 0 aromatic heterocycles. The van der Waals surface area contributed by atoms with Gasteiger partial charge in [-0.25, -0.2) is 0 Å². The summed E-state index contributed by atoms with van der Waals surface area (Å²) in [6.45, 7) is 23.1. The SMILES string of the molecule is CC(C)C(=O)C(CCCCN(C(C)C)C(C)C)N(C(C)C)C(C)C. The summed E-state index contributed by atoms with van der Waals surface area (Å²) in [7, 11) is 0. The van der Waals surface area contributed by atoms with Crippen LogP contribution in [0.25, 0.3) is 0 Å². The first kappa shape index (κ1) is 23.6. The summed E-state index contributed by atoms with van der Waals surface area (Å²) in [4.78, 5) is 17.7. The molecule has 0 aliphatic rings. The van der Waals surface area contributed by atoms with Crippen molar-refractivity contribution in [2.75, 3.05) is 6.54 Å². The smallest absolute Gasteiger partial charge is 0.152 e. The standard InChI is InChI=1S/C21H44N2O/c1-15(2)21(24)20(23(18(7)8)19(9)10)13-11-12-14-22(16(3)4)17(5)6/h15-20H,11-14H2,1-10H3. The van der Waals surface area contributed by atoms with Crippen molar-refractivity contribution < 1.29 is 4.79 Å². The largest absolute Gasteiger partial charge is 0.299 e. The molecule has 0 aromatic rings. The van der Waals surface area contributed by atoms with Crippen LogP contribution in [0.3, 0.4) is 0 Å². The number of unbranched alkanes of at least 4 members (excludes halogenated alkanes) is 1. The number of hydrogen-bond donors (Lipinski definition) is 0. The predicted molar refractivity (Wildman–Crippen MR) is 107 cm³/mol. The van der Waals surface area contributed by atoms with Crippen molar-refractivity contribution >= 4 is 5.78 Å². The van der Waals surface area contributed by atoms with E-state index in [-0.39, 0.29) is 12.0 Å².